The van der Waals surface area contributed by atoms with Crippen LogP contribution in [0.5, 0.6) is 0 Å². The third-order valence-corrected chi connectivity index (χ3v) is 4.32. The Morgan fingerprint density at radius 1 is 1.21 bits per heavy atom. The highest BCUT2D eigenvalue weighted by molar-refractivity contribution is 6.00. The summed E-state index contributed by atoms with van der Waals surface area (Å²) in [5, 5.41) is 0.448. The van der Waals surface area contributed by atoms with Crippen LogP contribution in [0.4, 0.5) is 5.69 Å². The number of hydrogen-bond acceptors (Lipinski definition) is 3. The van der Waals surface area contributed by atoms with Crippen LogP contribution in [-0.2, 0) is 6.54 Å². The number of amides is 1. The lowest BCUT2D eigenvalue weighted by atomic mass is 10.1. The Morgan fingerprint density at radius 3 is 2.58 bits per heavy atom. The molecule has 130 valence electrons. The van der Waals surface area contributed by atoms with E-state index in [2.05, 4.69) is 13.8 Å². The molecule has 1 amide bonds. The molecule has 0 bridgehead atoms. The maximum Gasteiger partial charge on any atom is 0.259 e. The van der Waals surface area contributed by atoms with Crippen molar-refractivity contribution in [2.24, 2.45) is 0 Å². The number of rotatable bonds is 7. The SMILES string of the molecule is CCCCN(C)C(=O)c1cn(CCCC)c2cccc(N)c2c1=O. The van der Waals surface area contributed by atoms with E-state index in [-0.39, 0.29) is 16.9 Å². The molecule has 1 aromatic heterocycles. The summed E-state index contributed by atoms with van der Waals surface area (Å²) in [5.41, 5.74) is 7.19. The lowest BCUT2D eigenvalue weighted by Crippen LogP contribution is -2.32. The van der Waals surface area contributed by atoms with Crippen LogP contribution in [0, 0.1) is 0 Å². The van der Waals surface area contributed by atoms with Crippen LogP contribution < -0.4 is 11.2 Å². The van der Waals surface area contributed by atoms with Crippen molar-refractivity contribution in [2.45, 2.75) is 46.1 Å². The Bertz CT molecular complexity index is 780. The quantitative estimate of drug-likeness (QED) is 0.793. The average molecular weight is 329 g/mol. The van der Waals surface area contributed by atoms with E-state index in [1.165, 1.54) is 0 Å². The first-order valence-electron chi connectivity index (χ1n) is 8.68. The zero-order valence-electron chi connectivity index (χ0n) is 14.8. The molecule has 0 aliphatic rings. The first kappa shape index (κ1) is 18.0. The summed E-state index contributed by atoms with van der Waals surface area (Å²) in [5.74, 6) is -0.233. The zero-order valence-corrected chi connectivity index (χ0v) is 14.8. The van der Waals surface area contributed by atoms with Crippen molar-refractivity contribution >= 4 is 22.5 Å². The Hall–Kier alpha value is -2.30. The molecule has 1 aromatic carbocycles. The van der Waals surface area contributed by atoms with E-state index in [4.69, 9.17) is 5.73 Å². The van der Waals surface area contributed by atoms with Gasteiger partial charge in [-0.05, 0) is 25.0 Å². The number of nitrogen functional groups attached to an aromatic ring is 1. The summed E-state index contributed by atoms with van der Waals surface area (Å²) in [6.45, 7) is 5.60. The number of aromatic nitrogens is 1. The van der Waals surface area contributed by atoms with Crippen molar-refractivity contribution in [2.75, 3.05) is 19.3 Å². The van der Waals surface area contributed by atoms with Gasteiger partial charge < -0.3 is 15.2 Å². The van der Waals surface area contributed by atoms with Gasteiger partial charge in [0.05, 0.1) is 10.9 Å². The molecule has 5 nitrogen and oxygen atoms in total. The number of carbonyl (C=O) groups is 1. The average Bonchev–Trinajstić information content (AvgIpc) is 2.58. The fourth-order valence-electron chi connectivity index (χ4n) is 2.83. The number of nitrogens with zero attached hydrogens (tertiary/aromatic N) is 2. The van der Waals surface area contributed by atoms with Crippen molar-refractivity contribution in [3.8, 4) is 0 Å². The largest absolute Gasteiger partial charge is 0.398 e. The highest BCUT2D eigenvalue weighted by Gasteiger charge is 2.19. The van der Waals surface area contributed by atoms with Crippen molar-refractivity contribution in [1.82, 2.24) is 9.47 Å². The predicted octanol–water partition coefficient (Wildman–Crippen LogP) is 3.26. The third-order valence-electron chi connectivity index (χ3n) is 4.32. The van der Waals surface area contributed by atoms with Gasteiger partial charge in [-0.15, -0.1) is 0 Å². The van der Waals surface area contributed by atoms with E-state index < -0.39 is 0 Å². The molecule has 0 saturated heterocycles. The molecule has 0 radical (unpaired) electrons. The number of aryl methyl sites for hydroxylation is 1. The van der Waals surface area contributed by atoms with E-state index in [9.17, 15) is 9.59 Å². The number of benzene rings is 1. The monoisotopic (exact) mass is 329 g/mol. The summed E-state index contributed by atoms with van der Waals surface area (Å²) < 4.78 is 1.98. The zero-order chi connectivity index (χ0) is 17.7. The minimum atomic E-state index is -0.274. The van der Waals surface area contributed by atoms with Gasteiger partial charge in [-0.2, -0.15) is 0 Å². The maximum atomic E-state index is 12.9. The highest BCUT2D eigenvalue weighted by atomic mass is 16.2. The lowest BCUT2D eigenvalue weighted by molar-refractivity contribution is 0.0791. The fourth-order valence-corrected chi connectivity index (χ4v) is 2.83. The number of carbonyl (C=O) groups excluding carboxylic acids is 1. The van der Waals surface area contributed by atoms with Gasteiger partial charge in [-0.25, -0.2) is 0 Å². The normalized spacial score (nSPS) is 11.0. The van der Waals surface area contributed by atoms with Crippen molar-refractivity contribution in [3.05, 3.63) is 40.2 Å². The molecule has 0 spiro atoms. The van der Waals surface area contributed by atoms with E-state index in [0.29, 0.717) is 17.6 Å². The Labute approximate surface area is 143 Å². The van der Waals surface area contributed by atoms with Gasteiger partial charge >= 0.3 is 0 Å². The van der Waals surface area contributed by atoms with E-state index in [1.807, 2.05) is 16.7 Å². The van der Waals surface area contributed by atoms with Crippen LogP contribution in [0.1, 0.15) is 49.9 Å². The maximum absolute atomic E-state index is 12.9. The summed E-state index contributed by atoms with van der Waals surface area (Å²) in [6, 6.07) is 5.44. The molecule has 0 atom stereocenters. The summed E-state index contributed by atoms with van der Waals surface area (Å²) >= 11 is 0. The lowest BCUT2D eigenvalue weighted by Gasteiger charge is -2.19. The Balaban J connectivity index is 2.57. The fraction of sp³-hybridized carbons (Fsp3) is 0.474. The number of unbranched alkanes of at least 4 members (excludes halogenated alkanes) is 2. The van der Waals surface area contributed by atoms with Gasteiger partial charge in [0.2, 0.25) is 5.43 Å². The highest BCUT2D eigenvalue weighted by Crippen LogP contribution is 2.19. The third kappa shape index (κ3) is 3.61. The van der Waals surface area contributed by atoms with Crippen LogP contribution in [0.3, 0.4) is 0 Å². The molecule has 5 heteroatoms. The van der Waals surface area contributed by atoms with E-state index >= 15 is 0 Å². The number of hydrogen-bond donors (Lipinski definition) is 1. The van der Waals surface area contributed by atoms with Crippen molar-refractivity contribution in [3.63, 3.8) is 0 Å². The number of anilines is 1. The molecule has 24 heavy (non-hydrogen) atoms. The van der Waals surface area contributed by atoms with Gasteiger partial charge in [-0.1, -0.05) is 32.8 Å². The number of nitrogens with two attached hydrogens (primary N) is 1. The molecule has 0 aliphatic heterocycles. The standard InChI is InChI=1S/C19H27N3O2/c1-4-6-11-21(3)19(24)14-13-22(12-7-5-2)16-10-8-9-15(20)17(16)18(14)23/h8-10,13H,4-7,11-12,20H2,1-3H3. The molecular weight excluding hydrogens is 302 g/mol. The Kier molecular flexibility index (Phi) is 6.01. The van der Waals surface area contributed by atoms with Gasteiger partial charge in [0.15, 0.2) is 0 Å². The smallest absolute Gasteiger partial charge is 0.259 e. The van der Waals surface area contributed by atoms with Gasteiger partial charge in [0.1, 0.15) is 5.56 Å². The van der Waals surface area contributed by atoms with E-state index in [1.54, 1.807) is 24.2 Å². The second-order valence-corrected chi connectivity index (χ2v) is 6.24. The number of pyridine rings is 1. The summed E-state index contributed by atoms with van der Waals surface area (Å²) in [4.78, 5) is 27.2. The molecule has 2 aromatic rings. The minimum absolute atomic E-state index is 0.204. The molecule has 0 fully saturated rings. The Morgan fingerprint density at radius 2 is 1.92 bits per heavy atom. The molecule has 0 saturated carbocycles. The predicted molar refractivity (Wildman–Crippen MR) is 99.4 cm³/mol. The molecule has 2 rings (SSSR count). The topological polar surface area (TPSA) is 68.3 Å². The molecule has 0 aliphatic carbocycles. The van der Waals surface area contributed by atoms with Crippen molar-refractivity contribution < 1.29 is 4.79 Å². The van der Waals surface area contributed by atoms with Crippen molar-refractivity contribution in [1.29, 1.82) is 0 Å². The van der Waals surface area contributed by atoms with Crippen LogP contribution in [-0.4, -0.2) is 29.0 Å². The van der Waals surface area contributed by atoms with Crippen LogP contribution >= 0.6 is 0 Å². The molecule has 1 heterocycles. The first-order chi connectivity index (χ1) is 11.5. The second kappa shape index (κ2) is 7.99. The van der Waals surface area contributed by atoms with Gasteiger partial charge in [0.25, 0.3) is 5.91 Å². The van der Waals surface area contributed by atoms with Gasteiger partial charge in [-0.3, -0.25) is 9.59 Å². The molecule has 0 unspecified atom stereocenters. The van der Waals surface area contributed by atoms with Crippen LogP contribution in [0.2, 0.25) is 0 Å². The van der Waals surface area contributed by atoms with E-state index in [0.717, 1.165) is 37.7 Å². The minimum Gasteiger partial charge on any atom is -0.398 e. The summed E-state index contributed by atoms with van der Waals surface area (Å²) in [6.07, 6.45) is 5.64. The van der Waals surface area contributed by atoms with Gasteiger partial charge in [0, 0.05) is 32.0 Å². The number of fused-ring (bicyclic) bond motifs is 1. The summed E-state index contributed by atoms with van der Waals surface area (Å²) in [7, 11) is 1.74. The molecular formula is C19H27N3O2. The molecule has 2 N–H and O–H groups in total. The van der Waals surface area contributed by atoms with Crippen LogP contribution in [0.25, 0.3) is 10.9 Å². The first-order valence-corrected chi connectivity index (χ1v) is 8.68. The van der Waals surface area contributed by atoms with Crippen LogP contribution in [0.15, 0.2) is 29.2 Å². The second-order valence-electron chi connectivity index (χ2n) is 6.24.